The van der Waals surface area contributed by atoms with Crippen LogP contribution in [-0.4, -0.2) is 32.9 Å². The number of hydrogen-bond acceptors (Lipinski definition) is 6. The van der Waals surface area contributed by atoms with E-state index in [4.69, 9.17) is 19.5 Å². The summed E-state index contributed by atoms with van der Waals surface area (Å²) in [4.78, 5) is 12.6. The molecule has 0 aliphatic carbocycles. The molecular weight excluding hydrogens is 368 g/mol. The highest BCUT2D eigenvalue weighted by Gasteiger charge is 2.26. The molecule has 152 valence electrons. The van der Waals surface area contributed by atoms with Crippen molar-refractivity contribution in [2.45, 2.75) is 25.8 Å². The van der Waals surface area contributed by atoms with E-state index in [9.17, 15) is 4.79 Å². The lowest BCUT2D eigenvalue weighted by Crippen LogP contribution is -2.24. The first kappa shape index (κ1) is 20.7. The molecule has 1 aliphatic heterocycles. The lowest BCUT2D eigenvalue weighted by atomic mass is 10.0. The highest BCUT2D eigenvalue weighted by molar-refractivity contribution is 5.82. The third kappa shape index (κ3) is 5.27. The lowest BCUT2D eigenvalue weighted by molar-refractivity contribution is -0.141. The molecule has 1 fully saturated rings. The number of nitriles is 1. The second-order valence-electron chi connectivity index (χ2n) is 7.06. The number of carbonyl (C=O) groups excluding carboxylic acids is 1. The van der Waals surface area contributed by atoms with E-state index in [-0.39, 0.29) is 0 Å². The van der Waals surface area contributed by atoms with Crippen LogP contribution in [0.4, 0.5) is 5.69 Å². The Labute approximate surface area is 171 Å². The minimum absolute atomic E-state index is 0.358. The minimum Gasteiger partial charge on any atom is -0.493 e. The Morgan fingerprint density at radius 2 is 2.10 bits per heavy atom. The molecule has 0 amide bonds. The van der Waals surface area contributed by atoms with Crippen LogP contribution in [0.3, 0.4) is 0 Å². The maximum atomic E-state index is 12.6. The minimum atomic E-state index is -0.728. The summed E-state index contributed by atoms with van der Waals surface area (Å²) in [6.45, 7) is 4.08. The van der Waals surface area contributed by atoms with E-state index in [0.29, 0.717) is 30.4 Å². The molecular formula is C23H26N2O4. The molecule has 2 atom stereocenters. The van der Waals surface area contributed by atoms with Crippen molar-refractivity contribution in [3.8, 4) is 11.8 Å². The maximum Gasteiger partial charge on any atom is 0.333 e. The van der Waals surface area contributed by atoms with Gasteiger partial charge in [0.25, 0.3) is 0 Å². The third-order valence-electron chi connectivity index (χ3n) is 5.05. The molecule has 1 saturated heterocycles. The van der Waals surface area contributed by atoms with Gasteiger partial charge < -0.3 is 19.5 Å². The number of rotatable bonds is 8. The standard InChI is InChI=1S/C23H26N2O4/c1-3-16-6-9-21(29-15-18-10-11-28-14-18)20(12-16)22(23(26)27-2)25-19-7-4-17(13-24)5-8-19/h4-9,12,18,22,25H,3,10-11,14-15H2,1-2H3. The number of esters is 1. The number of anilines is 1. The molecule has 2 aromatic carbocycles. The van der Waals surface area contributed by atoms with Crippen LogP contribution in [-0.2, 0) is 20.7 Å². The van der Waals surface area contributed by atoms with Crippen molar-refractivity contribution in [2.24, 2.45) is 5.92 Å². The number of ether oxygens (including phenoxy) is 3. The molecule has 29 heavy (non-hydrogen) atoms. The van der Waals surface area contributed by atoms with Gasteiger partial charge in [-0.3, -0.25) is 0 Å². The van der Waals surface area contributed by atoms with Gasteiger partial charge >= 0.3 is 5.97 Å². The molecule has 0 spiro atoms. The fourth-order valence-corrected chi connectivity index (χ4v) is 3.29. The van der Waals surface area contributed by atoms with Crippen LogP contribution in [0.15, 0.2) is 42.5 Å². The van der Waals surface area contributed by atoms with E-state index < -0.39 is 12.0 Å². The summed E-state index contributed by atoms with van der Waals surface area (Å²) in [5, 5.41) is 12.2. The zero-order valence-electron chi connectivity index (χ0n) is 16.8. The highest BCUT2D eigenvalue weighted by atomic mass is 16.5. The van der Waals surface area contributed by atoms with Gasteiger partial charge in [-0.2, -0.15) is 5.26 Å². The van der Waals surface area contributed by atoms with E-state index in [1.165, 1.54) is 7.11 Å². The Kier molecular flexibility index (Phi) is 7.09. The van der Waals surface area contributed by atoms with Crippen molar-refractivity contribution in [1.29, 1.82) is 5.26 Å². The van der Waals surface area contributed by atoms with Gasteiger partial charge in [-0.25, -0.2) is 4.79 Å². The van der Waals surface area contributed by atoms with Crippen molar-refractivity contribution in [2.75, 3.05) is 32.2 Å². The first-order valence-corrected chi connectivity index (χ1v) is 9.82. The Bertz CT molecular complexity index is 867. The van der Waals surface area contributed by atoms with Gasteiger partial charge in [-0.1, -0.05) is 13.0 Å². The van der Waals surface area contributed by atoms with Crippen molar-refractivity contribution >= 4 is 11.7 Å². The van der Waals surface area contributed by atoms with Crippen molar-refractivity contribution in [3.05, 3.63) is 59.2 Å². The number of aryl methyl sites for hydroxylation is 1. The van der Waals surface area contributed by atoms with Crippen LogP contribution in [0, 0.1) is 17.2 Å². The van der Waals surface area contributed by atoms with Gasteiger partial charge in [0, 0.05) is 23.8 Å². The number of methoxy groups -OCH3 is 1. The number of benzene rings is 2. The summed E-state index contributed by atoms with van der Waals surface area (Å²) in [5.41, 5.74) is 3.11. The van der Waals surface area contributed by atoms with Gasteiger partial charge in [-0.15, -0.1) is 0 Å². The zero-order chi connectivity index (χ0) is 20.6. The molecule has 0 saturated carbocycles. The molecule has 2 aromatic rings. The van der Waals surface area contributed by atoms with Crippen molar-refractivity contribution < 1.29 is 19.0 Å². The Hall–Kier alpha value is -3.04. The summed E-state index contributed by atoms with van der Waals surface area (Å²) in [6.07, 6.45) is 1.82. The third-order valence-corrected chi connectivity index (χ3v) is 5.05. The molecule has 0 aromatic heterocycles. The number of nitrogens with zero attached hydrogens (tertiary/aromatic N) is 1. The lowest BCUT2D eigenvalue weighted by Gasteiger charge is -2.22. The first-order chi connectivity index (χ1) is 14.1. The van der Waals surface area contributed by atoms with E-state index in [2.05, 4.69) is 18.3 Å². The maximum absolute atomic E-state index is 12.6. The summed E-state index contributed by atoms with van der Waals surface area (Å²) < 4.78 is 16.6. The molecule has 2 unspecified atom stereocenters. The van der Waals surface area contributed by atoms with Crippen LogP contribution in [0.2, 0.25) is 0 Å². The van der Waals surface area contributed by atoms with E-state index in [0.717, 1.165) is 36.3 Å². The molecule has 1 aliphatic rings. The van der Waals surface area contributed by atoms with Crippen LogP contribution in [0.1, 0.15) is 36.1 Å². The van der Waals surface area contributed by atoms with Crippen LogP contribution in [0.25, 0.3) is 0 Å². The largest absolute Gasteiger partial charge is 0.493 e. The number of carbonyl (C=O) groups is 1. The normalized spacial score (nSPS) is 16.7. The highest BCUT2D eigenvalue weighted by Crippen LogP contribution is 2.31. The Morgan fingerprint density at radius 3 is 2.72 bits per heavy atom. The second-order valence-corrected chi connectivity index (χ2v) is 7.06. The summed E-state index contributed by atoms with van der Waals surface area (Å²) >= 11 is 0. The molecule has 6 heteroatoms. The smallest absolute Gasteiger partial charge is 0.333 e. The molecule has 6 nitrogen and oxygen atoms in total. The summed E-state index contributed by atoms with van der Waals surface area (Å²) in [6, 6.07) is 14.2. The van der Waals surface area contributed by atoms with Gasteiger partial charge in [0.2, 0.25) is 0 Å². The van der Waals surface area contributed by atoms with E-state index >= 15 is 0 Å². The van der Waals surface area contributed by atoms with Crippen LogP contribution in [0.5, 0.6) is 5.75 Å². The quantitative estimate of drug-likeness (QED) is 0.685. The predicted molar refractivity (Wildman–Crippen MR) is 110 cm³/mol. The predicted octanol–water partition coefficient (Wildman–Crippen LogP) is 3.86. The fraction of sp³-hybridized carbons (Fsp3) is 0.391. The summed E-state index contributed by atoms with van der Waals surface area (Å²) in [5.74, 6) is 0.610. The average Bonchev–Trinajstić information content (AvgIpc) is 3.29. The topological polar surface area (TPSA) is 80.6 Å². The average molecular weight is 394 g/mol. The van der Waals surface area contributed by atoms with Gasteiger partial charge in [0.05, 0.1) is 32.0 Å². The monoisotopic (exact) mass is 394 g/mol. The fourth-order valence-electron chi connectivity index (χ4n) is 3.29. The summed E-state index contributed by atoms with van der Waals surface area (Å²) in [7, 11) is 1.37. The Balaban J connectivity index is 1.89. The molecule has 1 N–H and O–H groups in total. The van der Waals surface area contributed by atoms with Gasteiger partial charge in [0.1, 0.15) is 5.75 Å². The van der Waals surface area contributed by atoms with Gasteiger partial charge in [0.15, 0.2) is 6.04 Å². The second kappa shape index (κ2) is 9.94. The SMILES string of the molecule is CCc1ccc(OCC2CCOC2)c(C(Nc2ccc(C#N)cc2)C(=O)OC)c1. The van der Waals surface area contributed by atoms with E-state index in [1.54, 1.807) is 24.3 Å². The van der Waals surface area contributed by atoms with Gasteiger partial charge in [-0.05, 0) is 54.8 Å². The molecule has 0 radical (unpaired) electrons. The number of hydrogen-bond donors (Lipinski definition) is 1. The zero-order valence-corrected chi connectivity index (χ0v) is 16.8. The molecule has 0 bridgehead atoms. The molecule has 1 heterocycles. The first-order valence-electron chi connectivity index (χ1n) is 9.82. The number of nitrogens with one attached hydrogen (secondary N) is 1. The van der Waals surface area contributed by atoms with Crippen molar-refractivity contribution in [1.82, 2.24) is 0 Å². The van der Waals surface area contributed by atoms with E-state index in [1.807, 2.05) is 18.2 Å². The Morgan fingerprint density at radius 1 is 1.31 bits per heavy atom. The van der Waals surface area contributed by atoms with Crippen LogP contribution >= 0.6 is 0 Å². The molecule has 3 rings (SSSR count). The van der Waals surface area contributed by atoms with Crippen molar-refractivity contribution in [3.63, 3.8) is 0 Å². The van der Waals surface area contributed by atoms with Crippen LogP contribution < -0.4 is 10.1 Å².